The van der Waals surface area contributed by atoms with Crippen molar-refractivity contribution in [2.24, 2.45) is 0 Å². The third-order valence-corrected chi connectivity index (χ3v) is 5.64. The van der Waals surface area contributed by atoms with Crippen molar-refractivity contribution in [3.8, 4) is 11.6 Å². The minimum Gasteiger partial charge on any atom is -0.456 e. The Morgan fingerprint density at radius 1 is 1.09 bits per heavy atom. The molecule has 0 radical (unpaired) electrons. The molecule has 178 valence electrons. The zero-order chi connectivity index (χ0) is 24.9. The first-order valence-electron chi connectivity index (χ1n) is 10.7. The Morgan fingerprint density at radius 2 is 1.79 bits per heavy atom. The number of aromatic nitrogens is 1. The van der Waals surface area contributed by atoms with Crippen molar-refractivity contribution >= 4 is 35.2 Å². The van der Waals surface area contributed by atoms with Gasteiger partial charge in [0.15, 0.2) is 0 Å². The maximum Gasteiger partial charge on any atom is 0.338 e. The lowest BCUT2D eigenvalue weighted by atomic mass is 10.1. The van der Waals surface area contributed by atoms with Crippen LogP contribution in [0.5, 0.6) is 11.6 Å². The largest absolute Gasteiger partial charge is 0.456 e. The molecule has 0 bridgehead atoms. The van der Waals surface area contributed by atoms with E-state index in [2.05, 4.69) is 10.3 Å². The van der Waals surface area contributed by atoms with Crippen LogP contribution in [0.25, 0.3) is 0 Å². The van der Waals surface area contributed by atoms with Crippen LogP contribution in [-0.2, 0) is 4.74 Å². The first-order chi connectivity index (χ1) is 16.1. The van der Waals surface area contributed by atoms with Gasteiger partial charge in [0.1, 0.15) is 16.9 Å². The van der Waals surface area contributed by atoms with Crippen LogP contribution in [0.2, 0.25) is 5.02 Å². The molecule has 1 amide bonds. The van der Waals surface area contributed by atoms with Gasteiger partial charge in [-0.2, -0.15) is 0 Å². The molecule has 1 atom stereocenters. The topological polar surface area (TPSA) is 77.5 Å². The maximum absolute atomic E-state index is 13.1. The van der Waals surface area contributed by atoms with Crippen LogP contribution >= 0.6 is 23.4 Å². The van der Waals surface area contributed by atoms with Crippen molar-refractivity contribution in [2.45, 2.75) is 44.2 Å². The number of nitrogens with one attached hydrogen (secondary N) is 1. The zero-order valence-electron chi connectivity index (χ0n) is 19.7. The van der Waals surface area contributed by atoms with Gasteiger partial charge < -0.3 is 14.8 Å². The predicted molar refractivity (Wildman–Crippen MR) is 135 cm³/mol. The van der Waals surface area contributed by atoms with Crippen LogP contribution in [0, 0.1) is 0 Å². The lowest BCUT2D eigenvalue weighted by Gasteiger charge is -2.20. The van der Waals surface area contributed by atoms with Gasteiger partial charge in [0.2, 0.25) is 5.88 Å². The van der Waals surface area contributed by atoms with E-state index in [0.29, 0.717) is 16.3 Å². The summed E-state index contributed by atoms with van der Waals surface area (Å²) in [6.07, 6.45) is 3.41. The van der Waals surface area contributed by atoms with Crippen LogP contribution in [0.15, 0.2) is 65.7 Å². The SMILES string of the molecule is CSc1cccc(Oc2ncc(Cl)cc2C(=O)N[C@@H](C)c2ccc(C(=O)OC(C)(C)C)cc2)c1. The highest BCUT2D eigenvalue weighted by atomic mass is 35.5. The molecule has 1 N–H and O–H groups in total. The Kier molecular flexibility index (Phi) is 8.23. The first kappa shape index (κ1) is 25.6. The number of benzene rings is 2. The fourth-order valence-corrected chi connectivity index (χ4v) is 3.66. The van der Waals surface area contributed by atoms with Gasteiger partial charge in [-0.05, 0) is 75.9 Å². The summed E-state index contributed by atoms with van der Waals surface area (Å²) in [6, 6.07) is 15.6. The number of pyridine rings is 1. The average molecular weight is 499 g/mol. The molecule has 0 aliphatic rings. The summed E-state index contributed by atoms with van der Waals surface area (Å²) < 4.78 is 11.3. The van der Waals surface area contributed by atoms with Crippen molar-refractivity contribution in [2.75, 3.05) is 6.26 Å². The molecule has 2 aromatic carbocycles. The van der Waals surface area contributed by atoms with Crippen molar-refractivity contribution in [1.29, 1.82) is 0 Å². The van der Waals surface area contributed by atoms with E-state index in [1.54, 1.807) is 42.1 Å². The minimum atomic E-state index is -0.571. The second kappa shape index (κ2) is 10.9. The van der Waals surface area contributed by atoms with Gasteiger partial charge in [-0.1, -0.05) is 29.8 Å². The van der Waals surface area contributed by atoms with E-state index in [9.17, 15) is 9.59 Å². The Balaban J connectivity index is 1.75. The molecule has 3 aromatic rings. The fraction of sp³-hybridized carbons (Fsp3) is 0.269. The van der Waals surface area contributed by atoms with E-state index in [1.807, 2.05) is 52.1 Å². The third-order valence-electron chi connectivity index (χ3n) is 4.71. The number of nitrogens with zero attached hydrogens (tertiary/aromatic N) is 1. The summed E-state index contributed by atoms with van der Waals surface area (Å²) >= 11 is 7.70. The molecule has 0 aliphatic heterocycles. The molecule has 6 nitrogen and oxygen atoms in total. The quantitative estimate of drug-likeness (QED) is 0.288. The van der Waals surface area contributed by atoms with Crippen LogP contribution < -0.4 is 10.1 Å². The number of rotatable bonds is 7. The smallest absolute Gasteiger partial charge is 0.338 e. The molecular weight excluding hydrogens is 472 g/mol. The highest BCUT2D eigenvalue weighted by Gasteiger charge is 2.20. The van der Waals surface area contributed by atoms with Crippen LogP contribution in [0.4, 0.5) is 0 Å². The second-order valence-electron chi connectivity index (χ2n) is 8.61. The summed E-state index contributed by atoms with van der Waals surface area (Å²) in [5.74, 6) is -0.0445. The Morgan fingerprint density at radius 3 is 2.44 bits per heavy atom. The molecule has 34 heavy (non-hydrogen) atoms. The lowest BCUT2D eigenvalue weighted by Crippen LogP contribution is -2.27. The fourth-order valence-electron chi connectivity index (χ4n) is 3.05. The van der Waals surface area contributed by atoms with E-state index in [1.165, 1.54) is 12.3 Å². The Labute approximate surface area is 209 Å². The normalized spacial score (nSPS) is 12.1. The molecule has 1 aromatic heterocycles. The molecule has 0 spiro atoms. The minimum absolute atomic E-state index is 0.160. The van der Waals surface area contributed by atoms with Crippen LogP contribution in [0.1, 0.15) is 60.0 Å². The van der Waals surface area contributed by atoms with Crippen molar-refractivity contribution in [1.82, 2.24) is 10.3 Å². The summed E-state index contributed by atoms with van der Waals surface area (Å²) in [5, 5.41) is 3.26. The summed E-state index contributed by atoms with van der Waals surface area (Å²) in [4.78, 5) is 30.6. The molecule has 0 aliphatic carbocycles. The van der Waals surface area contributed by atoms with Crippen LogP contribution in [-0.4, -0.2) is 28.7 Å². The van der Waals surface area contributed by atoms with Gasteiger partial charge >= 0.3 is 5.97 Å². The second-order valence-corrected chi connectivity index (χ2v) is 9.92. The monoisotopic (exact) mass is 498 g/mol. The van der Waals surface area contributed by atoms with Gasteiger partial charge in [-0.15, -0.1) is 11.8 Å². The number of ether oxygens (including phenoxy) is 2. The predicted octanol–water partition coefficient (Wildman–Crippen LogP) is 6.70. The lowest BCUT2D eigenvalue weighted by molar-refractivity contribution is 0.00693. The number of halogens is 1. The summed E-state index contributed by atoms with van der Waals surface area (Å²) in [6.45, 7) is 7.30. The number of hydrogen-bond donors (Lipinski definition) is 1. The number of carbonyl (C=O) groups is 2. The molecule has 3 rings (SSSR count). The molecule has 0 fully saturated rings. The van der Waals surface area contributed by atoms with E-state index < -0.39 is 11.6 Å². The zero-order valence-corrected chi connectivity index (χ0v) is 21.3. The molecular formula is C26H27ClN2O4S. The van der Waals surface area contributed by atoms with E-state index in [4.69, 9.17) is 21.1 Å². The highest BCUT2D eigenvalue weighted by Crippen LogP contribution is 2.28. The van der Waals surface area contributed by atoms with Crippen molar-refractivity contribution in [3.05, 3.63) is 82.5 Å². The Hall–Kier alpha value is -3.03. The molecule has 0 unspecified atom stereocenters. The summed E-state index contributed by atoms with van der Waals surface area (Å²) in [7, 11) is 0. The average Bonchev–Trinajstić information content (AvgIpc) is 2.79. The molecule has 8 heteroatoms. The van der Waals surface area contributed by atoms with Crippen molar-refractivity contribution < 1.29 is 19.1 Å². The first-order valence-corrected chi connectivity index (χ1v) is 12.3. The number of thioether (sulfide) groups is 1. The van der Waals surface area contributed by atoms with E-state index >= 15 is 0 Å². The summed E-state index contributed by atoms with van der Waals surface area (Å²) in [5.41, 5.74) is 0.919. The molecule has 0 saturated heterocycles. The number of esters is 1. The molecule has 1 heterocycles. The highest BCUT2D eigenvalue weighted by molar-refractivity contribution is 7.98. The number of carbonyl (C=O) groups excluding carboxylic acids is 2. The Bertz CT molecular complexity index is 1180. The standard InChI is InChI=1S/C26H27ClN2O4S/c1-16(17-9-11-18(12-10-17)25(31)33-26(2,3)4)29-23(30)22-13-19(27)15-28-24(22)32-20-7-6-8-21(14-20)34-5/h6-16H,1-5H3,(H,29,30)/t16-/m0/s1. The maximum atomic E-state index is 13.1. The van der Waals surface area contributed by atoms with E-state index in [-0.39, 0.29) is 23.4 Å². The third kappa shape index (κ3) is 6.98. The van der Waals surface area contributed by atoms with Gasteiger partial charge in [-0.25, -0.2) is 9.78 Å². The number of amides is 1. The van der Waals surface area contributed by atoms with Crippen LogP contribution in [0.3, 0.4) is 0 Å². The molecule has 0 saturated carbocycles. The van der Waals surface area contributed by atoms with Gasteiger partial charge in [0.25, 0.3) is 5.91 Å². The van der Waals surface area contributed by atoms with E-state index in [0.717, 1.165) is 10.5 Å². The van der Waals surface area contributed by atoms with Gasteiger partial charge in [0, 0.05) is 11.1 Å². The van der Waals surface area contributed by atoms with Crippen molar-refractivity contribution in [3.63, 3.8) is 0 Å². The number of hydrogen-bond acceptors (Lipinski definition) is 6. The van der Waals surface area contributed by atoms with Gasteiger partial charge in [-0.3, -0.25) is 4.79 Å². The van der Waals surface area contributed by atoms with Gasteiger partial charge in [0.05, 0.1) is 16.6 Å².